The monoisotopic (exact) mass is 357 g/mol. The molecule has 128 valence electrons. The van der Waals surface area contributed by atoms with Gasteiger partial charge < -0.3 is 9.52 Å². The van der Waals surface area contributed by atoms with Gasteiger partial charge in [-0.3, -0.25) is 4.79 Å². The van der Waals surface area contributed by atoms with E-state index in [2.05, 4.69) is 4.98 Å². The fourth-order valence-electron chi connectivity index (χ4n) is 2.64. The number of carboxylic acids is 1. The second-order valence-electron chi connectivity index (χ2n) is 5.53. The minimum absolute atomic E-state index is 0.0905. The molecular formula is C18H15NO5S. The van der Waals surface area contributed by atoms with Gasteiger partial charge in [0.05, 0.1) is 11.1 Å². The van der Waals surface area contributed by atoms with Crippen molar-refractivity contribution < 1.29 is 22.7 Å². The number of hydrogen-bond acceptors (Lipinski definition) is 5. The van der Waals surface area contributed by atoms with Gasteiger partial charge in [-0.1, -0.05) is 36.4 Å². The first kappa shape index (κ1) is 16.9. The summed E-state index contributed by atoms with van der Waals surface area (Å²) >= 11 is 0. The zero-order chi connectivity index (χ0) is 18.0. The van der Waals surface area contributed by atoms with Crippen LogP contribution in [0.1, 0.15) is 17.4 Å². The van der Waals surface area contributed by atoms with Crippen LogP contribution in [-0.4, -0.2) is 30.7 Å². The molecule has 0 amide bonds. The maximum Gasteiger partial charge on any atom is 0.320 e. The van der Waals surface area contributed by atoms with Gasteiger partial charge in [-0.2, -0.15) is 0 Å². The van der Waals surface area contributed by atoms with Crippen molar-refractivity contribution in [1.82, 2.24) is 4.98 Å². The van der Waals surface area contributed by atoms with Gasteiger partial charge in [0.1, 0.15) is 6.26 Å². The van der Waals surface area contributed by atoms with Crippen molar-refractivity contribution in [3.8, 4) is 11.1 Å². The molecule has 0 spiro atoms. The van der Waals surface area contributed by atoms with Crippen molar-refractivity contribution in [3.63, 3.8) is 0 Å². The number of carbonyl (C=O) groups is 1. The minimum atomic E-state index is -3.30. The van der Waals surface area contributed by atoms with E-state index in [4.69, 9.17) is 4.42 Å². The van der Waals surface area contributed by atoms with Crippen LogP contribution in [0.5, 0.6) is 0 Å². The molecule has 1 atom stereocenters. The van der Waals surface area contributed by atoms with Crippen molar-refractivity contribution in [3.05, 3.63) is 72.4 Å². The Bertz CT molecular complexity index is 992. The van der Waals surface area contributed by atoms with Gasteiger partial charge >= 0.3 is 5.97 Å². The molecule has 0 aliphatic heterocycles. The molecule has 1 unspecified atom stereocenters. The molecule has 0 aliphatic rings. The molecular weight excluding hydrogens is 342 g/mol. The summed E-state index contributed by atoms with van der Waals surface area (Å²) in [6.07, 6.45) is 3.86. The minimum Gasteiger partial charge on any atom is -0.480 e. The Kier molecular flexibility index (Phi) is 4.41. The van der Waals surface area contributed by atoms with Crippen LogP contribution in [0, 0.1) is 0 Å². The second kappa shape index (κ2) is 6.52. The zero-order valence-electron chi connectivity index (χ0n) is 13.3. The number of aliphatic carboxylic acids is 1. The summed E-state index contributed by atoms with van der Waals surface area (Å²) in [6.45, 7) is 0. The molecule has 7 heteroatoms. The lowest BCUT2D eigenvalue weighted by Crippen LogP contribution is -2.14. The van der Waals surface area contributed by atoms with Crippen molar-refractivity contribution >= 4 is 15.8 Å². The Morgan fingerprint density at radius 2 is 1.80 bits per heavy atom. The summed E-state index contributed by atoms with van der Waals surface area (Å²) in [4.78, 5) is 16.0. The second-order valence-corrected chi connectivity index (χ2v) is 7.54. The molecule has 6 nitrogen and oxygen atoms in total. The molecule has 1 aromatic heterocycles. The number of aromatic nitrogens is 1. The third-order valence-corrected chi connectivity index (χ3v) is 4.94. The van der Waals surface area contributed by atoms with Gasteiger partial charge in [0.15, 0.2) is 15.8 Å². The first-order valence-electron chi connectivity index (χ1n) is 7.39. The molecule has 3 rings (SSSR count). The van der Waals surface area contributed by atoms with E-state index in [-0.39, 0.29) is 10.8 Å². The Morgan fingerprint density at radius 1 is 1.12 bits per heavy atom. The predicted molar refractivity (Wildman–Crippen MR) is 91.0 cm³/mol. The highest BCUT2D eigenvalue weighted by Gasteiger charge is 2.28. The van der Waals surface area contributed by atoms with Gasteiger partial charge in [-0.15, -0.1) is 0 Å². The third kappa shape index (κ3) is 3.46. The van der Waals surface area contributed by atoms with E-state index in [1.165, 1.54) is 24.6 Å². The molecule has 2 aromatic carbocycles. The SMILES string of the molecule is CS(=O)(=O)c1ccc(-c2ccccc2C(C(=O)O)c2ncco2)cc1. The lowest BCUT2D eigenvalue weighted by molar-refractivity contribution is -0.138. The van der Waals surface area contributed by atoms with Gasteiger partial charge in [0.25, 0.3) is 0 Å². The smallest absolute Gasteiger partial charge is 0.320 e. The van der Waals surface area contributed by atoms with E-state index in [0.717, 1.165) is 6.26 Å². The molecule has 3 aromatic rings. The summed E-state index contributed by atoms with van der Waals surface area (Å²) in [6, 6.07) is 13.3. The topological polar surface area (TPSA) is 97.5 Å². The average molecular weight is 357 g/mol. The van der Waals surface area contributed by atoms with Crippen LogP contribution in [0.4, 0.5) is 0 Å². The molecule has 1 N–H and O–H groups in total. The van der Waals surface area contributed by atoms with Crippen molar-refractivity contribution in [1.29, 1.82) is 0 Å². The standard InChI is InChI=1S/C18H15NO5S/c1-25(22,23)13-8-6-12(7-9-13)14-4-2-3-5-15(14)16(18(20)21)17-19-10-11-24-17/h2-11,16H,1H3,(H,20,21). The zero-order valence-corrected chi connectivity index (χ0v) is 14.1. The highest BCUT2D eigenvalue weighted by molar-refractivity contribution is 7.90. The van der Waals surface area contributed by atoms with E-state index in [0.29, 0.717) is 16.7 Å². The van der Waals surface area contributed by atoms with Gasteiger partial charge in [0.2, 0.25) is 5.89 Å². The van der Waals surface area contributed by atoms with E-state index in [1.54, 1.807) is 36.4 Å². The number of oxazole rings is 1. The van der Waals surface area contributed by atoms with Crippen LogP contribution in [0.25, 0.3) is 11.1 Å². The largest absolute Gasteiger partial charge is 0.480 e. The lowest BCUT2D eigenvalue weighted by atomic mass is 9.90. The van der Waals surface area contributed by atoms with E-state index in [9.17, 15) is 18.3 Å². The Morgan fingerprint density at radius 3 is 2.36 bits per heavy atom. The molecule has 1 heterocycles. The quantitative estimate of drug-likeness (QED) is 0.754. The lowest BCUT2D eigenvalue weighted by Gasteiger charge is -2.15. The summed E-state index contributed by atoms with van der Waals surface area (Å²) < 4.78 is 28.4. The van der Waals surface area contributed by atoms with Crippen LogP contribution in [0.2, 0.25) is 0 Å². The van der Waals surface area contributed by atoms with Gasteiger partial charge in [0, 0.05) is 6.26 Å². The number of rotatable bonds is 5. The van der Waals surface area contributed by atoms with Crippen molar-refractivity contribution in [2.45, 2.75) is 10.8 Å². The van der Waals surface area contributed by atoms with Crippen LogP contribution in [-0.2, 0) is 14.6 Å². The molecule has 0 bridgehead atoms. The van der Waals surface area contributed by atoms with Crippen LogP contribution >= 0.6 is 0 Å². The fourth-order valence-corrected chi connectivity index (χ4v) is 3.27. The summed E-state index contributed by atoms with van der Waals surface area (Å²) in [5, 5.41) is 9.64. The Hall–Kier alpha value is -2.93. The number of nitrogens with zero attached hydrogens (tertiary/aromatic N) is 1. The van der Waals surface area contributed by atoms with Crippen LogP contribution in [0.3, 0.4) is 0 Å². The molecule has 0 saturated heterocycles. The van der Waals surface area contributed by atoms with E-state index >= 15 is 0 Å². The molecule has 25 heavy (non-hydrogen) atoms. The van der Waals surface area contributed by atoms with Crippen LogP contribution < -0.4 is 0 Å². The van der Waals surface area contributed by atoms with E-state index < -0.39 is 21.7 Å². The Labute approximate surface area is 144 Å². The Balaban J connectivity index is 2.11. The van der Waals surface area contributed by atoms with Gasteiger partial charge in [-0.25, -0.2) is 13.4 Å². The summed E-state index contributed by atoms with van der Waals surface area (Å²) in [7, 11) is -3.30. The fraction of sp³-hybridized carbons (Fsp3) is 0.111. The highest BCUT2D eigenvalue weighted by Crippen LogP contribution is 2.33. The average Bonchev–Trinajstić information content (AvgIpc) is 3.08. The molecule has 0 aliphatic carbocycles. The highest BCUT2D eigenvalue weighted by atomic mass is 32.2. The number of carboxylic acid groups (broad SMARTS) is 1. The molecule has 0 radical (unpaired) electrons. The first-order valence-corrected chi connectivity index (χ1v) is 9.28. The maximum atomic E-state index is 11.8. The van der Waals surface area contributed by atoms with Gasteiger partial charge in [-0.05, 0) is 28.8 Å². The number of benzene rings is 2. The first-order chi connectivity index (χ1) is 11.9. The normalized spacial score (nSPS) is 12.7. The van der Waals surface area contributed by atoms with Crippen LogP contribution in [0.15, 0.2) is 70.3 Å². The molecule has 0 saturated carbocycles. The van der Waals surface area contributed by atoms with Crippen molar-refractivity contribution in [2.75, 3.05) is 6.26 Å². The molecule has 0 fully saturated rings. The summed E-state index contributed by atoms with van der Waals surface area (Å²) in [5.74, 6) is -2.05. The number of sulfone groups is 1. The number of hydrogen-bond donors (Lipinski definition) is 1. The summed E-state index contributed by atoms with van der Waals surface area (Å²) in [5.41, 5.74) is 1.90. The van der Waals surface area contributed by atoms with E-state index in [1.807, 2.05) is 0 Å². The third-order valence-electron chi connectivity index (χ3n) is 3.81. The maximum absolute atomic E-state index is 11.8. The predicted octanol–water partition coefficient (Wildman–Crippen LogP) is 2.96. The van der Waals surface area contributed by atoms with Crippen molar-refractivity contribution in [2.24, 2.45) is 0 Å².